The van der Waals surface area contributed by atoms with Gasteiger partial charge in [0.05, 0.1) is 0 Å². The molecule has 0 aliphatic heterocycles. The van der Waals surface area contributed by atoms with Crippen LogP contribution in [0.25, 0.3) is 16.7 Å². The molecule has 3 heteroatoms. The second kappa shape index (κ2) is 12.6. The first-order valence-corrected chi connectivity index (χ1v) is 17.1. The number of halogens is 2. The average Bonchev–Trinajstić information content (AvgIpc) is 3.63. The second-order valence-electron chi connectivity index (χ2n) is 10.0. The molecule has 2 aliphatic rings. The molecule has 5 aromatic carbocycles. The Labute approximate surface area is 257 Å². The molecular weight excluding hydrogens is 607 g/mol. The third-order valence-corrected chi connectivity index (χ3v) is 15.4. The number of hydrogen-bond donors (Lipinski definition) is 0. The Morgan fingerprint density at radius 2 is 1.12 bits per heavy atom. The minimum Gasteiger partial charge on any atom is -1.00 e. The summed E-state index contributed by atoms with van der Waals surface area (Å²) in [6.45, 7) is 0. The van der Waals surface area contributed by atoms with Crippen LogP contribution in [0.1, 0.15) is 34.2 Å². The molecule has 0 fully saturated rings. The minimum atomic E-state index is -2.65. The summed E-state index contributed by atoms with van der Waals surface area (Å²) in [5.41, 5.74) is 11.3. The largest absolute Gasteiger partial charge is 1.00 e. The monoisotopic (exact) mass is 632 g/mol. The average molecular weight is 635 g/mol. The van der Waals surface area contributed by atoms with E-state index in [0.29, 0.717) is 0 Å². The predicted octanol–water partition coefficient (Wildman–Crippen LogP) is 2.15. The summed E-state index contributed by atoms with van der Waals surface area (Å²) in [6.07, 6.45) is 7.07. The van der Waals surface area contributed by atoms with Crippen molar-refractivity contribution in [1.29, 1.82) is 0 Å². The van der Waals surface area contributed by atoms with Gasteiger partial charge in [-0.1, -0.05) is 0 Å². The summed E-state index contributed by atoms with van der Waals surface area (Å²) in [4.78, 5) is 0. The van der Waals surface area contributed by atoms with E-state index < -0.39 is 21.3 Å². The van der Waals surface area contributed by atoms with Crippen LogP contribution in [0.5, 0.6) is 0 Å². The van der Waals surface area contributed by atoms with E-state index in [4.69, 9.17) is 0 Å². The van der Waals surface area contributed by atoms with Crippen LogP contribution < -0.4 is 28.1 Å². The summed E-state index contributed by atoms with van der Waals surface area (Å²) in [6, 6.07) is 49.3. The summed E-state index contributed by atoms with van der Waals surface area (Å²) in [5.74, 6) is 0. The third kappa shape index (κ3) is 5.32. The van der Waals surface area contributed by atoms with Gasteiger partial charge >= 0.3 is 234 Å². The van der Waals surface area contributed by atoms with E-state index in [0.717, 1.165) is 12.8 Å². The molecule has 0 radical (unpaired) electrons. The maximum Gasteiger partial charge on any atom is -1.00 e. The molecule has 0 atom stereocenters. The van der Waals surface area contributed by atoms with Gasteiger partial charge in [-0.05, 0) is 0 Å². The topological polar surface area (TPSA) is 0 Å². The summed E-state index contributed by atoms with van der Waals surface area (Å²) in [5, 5.41) is 0. The normalized spacial score (nSPS) is 12.5. The Kier molecular flexibility index (Phi) is 8.97. The van der Waals surface area contributed by atoms with Crippen molar-refractivity contribution < 1.29 is 46.1 Å². The molecule has 0 nitrogen and oxygen atoms in total. The maximum absolute atomic E-state index is 2.65. The molecule has 7 rings (SSSR count). The summed E-state index contributed by atoms with van der Waals surface area (Å²) < 4.78 is 4.85. The molecule has 0 unspecified atom stereocenters. The summed E-state index contributed by atoms with van der Waals surface area (Å²) in [7, 11) is 0. The quantitative estimate of drug-likeness (QED) is 0.273. The van der Waals surface area contributed by atoms with Crippen molar-refractivity contribution in [2.45, 2.75) is 12.8 Å². The molecule has 0 aromatic heterocycles. The smallest absolute Gasteiger partial charge is 1.00 e. The second-order valence-corrected chi connectivity index (χ2v) is 16.0. The number of allylic oxidation sites excluding steroid dienone is 4. The molecule has 0 saturated carbocycles. The Morgan fingerprint density at radius 1 is 0.550 bits per heavy atom. The number of hydrogen-bond acceptors (Lipinski definition) is 0. The van der Waals surface area contributed by atoms with Gasteiger partial charge in [0.15, 0.2) is 0 Å². The van der Waals surface area contributed by atoms with Crippen LogP contribution >= 0.6 is 0 Å². The SMILES string of the molecule is C1=C(c2ccccc2)C=[C]([Zr+2](=[C](c2ccccc2)c2ccccc2)[c]2cccc3c2Cc2ccccc2-3)C1.[Cl-].[Cl-]. The first kappa shape index (κ1) is 28.4. The van der Waals surface area contributed by atoms with Gasteiger partial charge in [-0.15, -0.1) is 0 Å². The van der Waals surface area contributed by atoms with Crippen LogP contribution in [-0.4, -0.2) is 3.21 Å². The minimum absolute atomic E-state index is 0. The molecule has 5 aromatic rings. The van der Waals surface area contributed by atoms with E-state index in [-0.39, 0.29) is 24.8 Å². The fourth-order valence-corrected chi connectivity index (χ4v) is 14.0. The van der Waals surface area contributed by atoms with Crippen molar-refractivity contribution in [2.24, 2.45) is 0 Å². The Morgan fingerprint density at radius 3 is 1.80 bits per heavy atom. The van der Waals surface area contributed by atoms with Gasteiger partial charge in [0.2, 0.25) is 0 Å². The zero-order valence-electron chi connectivity index (χ0n) is 22.0. The molecule has 194 valence electrons. The molecule has 0 saturated heterocycles. The van der Waals surface area contributed by atoms with Crippen LogP contribution in [0, 0.1) is 0 Å². The van der Waals surface area contributed by atoms with E-state index in [9.17, 15) is 0 Å². The zero-order valence-corrected chi connectivity index (χ0v) is 26.0. The van der Waals surface area contributed by atoms with Crippen molar-refractivity contribution in [2.75, 3.05) is 0 Å². The van der Waals surface area contributed by atoms with Crippen molar-refractivity contribution in [1.82, 2.24) is 0 Å². The Hall–Kier alpha value is -3.09. The van der Waals surface area contributed by atoms with Gasteiger partial charge in [-0.3, -0.25) is 0 Å². The van der Waals surface area contributed by atoms with E-state index in [1.807, 2.05) is 0 Å². The van der Waals surface area contributed by atoms with Gasteiger partial charge in [-0.2, -0.15) is 0 Å². The predicted molar refractivity (Wildman–Crippen MR) is 158 cm³/mol. The van der Waals surface area contributed by atoms with Crippen molar-refractivity contribution >= 4 is 12.1 Å². The molecule has 0 spiro atoms. The van der Waals surface area contributed by atoms with Crippen LogP contribution in [0.4, 0.5) is 0 Å². The fourth-order valence-electron chi connectivity index (χ4n) is 6.06. The number of benzene rings is 5. The third-order valence-electron chi connectivity index (χ3n) is 7.79. The molecule has 0 N–H and O–H groups in total. The molecule has 2 aliphatic carbocycles. The zero-order chi connectivity index (χ0) is 25.3. The van der Waals surface area contributed by atoms with E-state index in [2.05, 4.69) is 146 Å². The molecule has 0 bridgehead atoms. The number of rotatable bonds is 5. The molecule has 40 heavy (non-hydrogen) atoms. The van der Waals surface area contributed by atoms with E-state index in [1.54, 1.807) is 15.3 Å². The van der Waals surface area contributed by atoms with Crippen LogP contribution in [-0.2, 0) is 27.7 Å². The van der Waals surface area contributed by atoms with Gasteiger partial charge in [0.1, 0.15) is 0 Å². The fraction of sp³-hybridized carbons (Fsp3) is 0.0541. The van der Waals surface area contributed by atoms with E-state index >= 15 is 0 Å². The molecule has 0 amide bonds. The maximum atomic E-state index is 2.54. The van der Waals surface area contributed by atoms with Crippen molar-refractivity contribution in [3.05, 3.63) is 177 Å². The summed E-state index contributed by atoms with van der Waals surface area (Å²) >= 11 is -2.65. The van der Waals surface area contributed by atoms with Crippen LogP contribution in [0.3, 0.4) is 0 Å². The van der Waals surface area contributed by atoms with Crippen molar-refractivity contribution in [3.8, 4) is 11.1 Å². The Bertz CT molecular complexity index is 1690. The number of fused-ring (bicyclic) bond motifs is 3. The first-order chi connectivity index (χ1) is 18.9. The van der Waals surface area contributed by atoms with Crippen LogP contribution in [0.2, 0.25) is 0 Å². The van der Waals surface area contributed by atoms with Crippen LogP contribution in [0.15, 0.2) is 149 Å². The standard InChI is InChI=1S/C13H9.C13H10.C11H9.2ClH.Zr/c1-3-7-12-10(5-1)9-11-6-2-4-8-13(11)12;1-3-7-12(8-4-1)11-13-9-5-2-6-10-13;1-2-6-10(7-3-1)11-8-4-5-9-11;;;/h1-5,7-8H,9H2;1-10H;1-3,6-9H,4H2;2*1H;/q;;;;;+2/p-2. The molecule has 0 heterocycles. The van der Waals surface area contributed by atoms with Gasteiger partial charge in [-0.25, -0.2) is 0 Å². The molecular formula is C37H28Cl2Zr. The van der Waals surface area contributed by atoms with E-state index in [1.165, 1.54) is 39.0 Å². The van der Waals surface area contributed by atoms with Gasteiger partial charge < -0.3 is 24.8 Å². The van der Waals surface area contributed by atoms with Gasteiger partial charge in [0.25, 0.3) is 0 Å². The first-order valence-electron chi connectivity index (χ1n) is 13.4. The Balaban J connectivity index is 0.00000161. The van der Waals surface area contributed by atoms with Crippen molar-refractivity contribution in [3.63, 3.8) is 0 Å². The van der Waals surface area contributed by atoms with Gasteiger partial charge in [0, 0.05) is 0 Å².